The Hall–Kier alpha value is 0.0700. The lowest BCUT2D eigenvalue weighted by Gasteiger charge is -1.86. The van der Waals surface area contributed by atoms with Crippen molar-refractivity contribution in [1.29, 1.82) is 0 Å². The van der Waals surface area contributed by atoms with E-state index in [2.05, 4.69) is 4.18 Å². The molecule has 0 saturated carbocycles. The van der Waals surface area contributed by atoms with Crippen LogP contribution in [-0.4, -0.2) is 10.8 Å². The quantitative estimate of drug-likeness (QED) is 0.579. The van der Waals surface area contributed by atoms with Gasteiger partial charge in [0.1, 0.15) is 0 Å². The lowest BCUT2D eigenvalue weighted by molar-refractivity contribution is 0.402. The van der Waals surface area contributed by atoms with Gasteiger partial charge in [-0.3, -0.25) is 4.18 Å². The van der Waals surface area contributed by atoms with Gasteiger partial charge >= 0.3 is 0 Å². The maximum Gasteiger partial charge on any atom is 0.256 e. The predicted octanol–water partition coefficient (Wildman–Crippen LogP) is 1.30. The maximum absolute atomic E-state index is 11.0. The summed E-state index contributed by atoms with van der Waals surface area (Å²) in [5.74, 6) is 0. The molecule has 5 heteroatoms. The minimum atomic E-state index is -1.81. The van der Waals surface area contributed by atoms with Crippen LogP contribution < -0.4 is 0 Å². The van der Waals surface area contributed by atoms with Crippen molar-refractivity contribution in [1.82, 2.24) is 0 Å². The standard InChI is InChI=1S/C3H4ClFO2S/c4-8(6)7-3-1-2-5/h1-2H,3H2. The van der Waals surface area contributed by atoms with Crippen molar-refractivity contribution in [3.8, 4) is 0 Å². The van der Waals surface area contributed by atoms with Gasteiger partial charge < -0.3 is 0 Å². The van der Waals surface area contributed by atoms with Gasteiger partial charge in [0.25, 0.3) is 10.3 Å². The molecule has 0 radical (unpaired) electrons. The smallest absolute Gasteiger partial charge is 0.256 e. The summed E-state index contributed by atoms with van der Waals surface area (Å²) in [6.45, 7) is -0.0629. The first-order chi connectivity index (χ1) is 3.77. The van der Waals surface area contributed by atoms with Crippen LogP contribution in [0.1, 0.15) is 0 Å². The number of rotatable bonds is 3. The van der Waals surface area contributed by atoms with Crippen molar-refractivity contribution in [2.45, 2.75) is 0 Å². The Kier molecular flexibility index (Phi) is 5.26. The molecule has 0 aromatic heterocycles. The zero-order valence-electron chi connectivity index (χ0n) is 3.84. The van der Waals surface area contributed by atoms with E-state index in [4.69, 9.17) is 10.7 Å². The van der Waals surface area contributed by atoms with Crippen LogP contribution in [0, 0.1) is 0 Å². The molecule has 48 valence electrons. The van der Waals surface area contributed by atoms with E-state index in [0.29, 0.717) is 6.33 Å². The van der Waals surface area contributed by atoms with E-state index >= 15 is 0 Å². The fourth-order valence-corrected chi connectivity index (χ4v) is 0.469. The molecule has 0 N–H and O–H groups in total. The maximum atomic E-state index is 11.0. The molecular weight excluding hydrogens is 155 g/mol. The highest BCUT2D eigenvalue weighted by atomic mass is 35.7. The van der Waals surface area contributed by atoms with Gasteiger partial charge in [0, 0.05) is 10.7 Å². The molecule has 0 aliphatic heterocycles. The number of hydrogen-bond acceptors (Lipinski definition) is 2. The minimum Gasteiger partial charge on any atom is -0.274 e. The molecule has 0 heterocycles. The summed E-state index contributed by atoms with van der Waals surface area (Å²) in [5, 5.41) is 0. The van der Waals surface area contributed by atoms with Crippen molar-refractivity contribution in [3.63, 3.8) is 0 Å². The monoisotopic (exact) mass is 158 g/mol. The zero-order chi connectivity index (χ0) is 6.41. The normalized spacial score (nSPS) is 14.8. The third kappa shape index (κ3) is 6.07. The predicted molar refractivity (Wildman–Crippen MR) is 30.2 cm³/mol. The van der Waals surface area contributed by atoms with Crippen LogP contribution in [0.25, 0.3) is 0 Å². The van der Waals surface area contributed by atoms with E-state index in [-0.39, 0.29) is 6.61 Å². The fourth-order valence-electron chi connectivity index (χ4n) is 0.129. The van der Waals surface area contributed by atoms with E-state index < -0.39 is 10.3 Å². The number of halogens is 2. The van der Waals surface area contributed by atoms with Gasteiger partial charge in [-0.25, -0.2) is 8.60 Å². The van der Waals surface area contributed by atoms with Gasteiger partial charge in [-0.15, -0.1) is 0 Å². The van der Waals surface area contributed by atoms with Crippen molar-refractivity contribution in [2.24, 2.45) is 0 Å². The van der Waals surface area contributed by atoms with Crippen molar-refractivity contribution >= 4 is 21.0 Å². The zero-order valence-corrected chi connectivity index (χ0v) is 5.41. The summed E-state index contributed by atoms with van der Waals surface area (Å²) < 4.78 is 25.1. The van der Waals surface area contributed by atoms with Gasteiger partial charge in [-0.2, -0.15) is 0 Å². The second-order valence-electron chi connectivity index (χ2n) is 0.840. The third-order valence-electron chi connectivity index (χ3n) is 0.346. The van der Waals surface area contributed by atoms with Crippen molar-refractivity contribution < 1.29 is 12.8 Å². The summed E-state index contributed by atoms with van der Waals surface area (Å²) >= 11 is 0. The molecule has 0 fully saturated rings. The van der Waals surface area contributed by atoms with E-state index in [1.54, 1.807) is 0 Å². The SMILES string of the molecule is O=S(Cl)OCC=CF. The Balaban J connectivity index is 3.05. The number of hydrogen-bond donors (Lipinski definition) is 0. The van der Waals surface area contributed by atoms with Crippen LogP contribution in [0.3, 0.4) is 0 Å². The molecule has 8 heavy (non-hydrogen) atoms. The average molecular weight is 159 g/mol. The molecule has 0 aliphatic carbocycles. The molecule has 0 aromatic rings. The van der Waals surface area contributed by atoms with Crippen LogP contribution in [-0.2, 0) is 14.5 Å². The highest BCUT2D eigenvalue weighted by Crippen LogP contribution is 1.90. The molecule has 1 atom stereocenters. The van der Waals surface area contributed by atoms with Crippen LogP contribution in [0.2, 0.25) is 0 Å². The largest absolute Gasteiger partial charge is 0.274 e. The second-order valence-corrected chi connectivity index (χ2v) is 2.22. The van der Waals surface area contributed by atoms with E-state index in [1.165, 1.54) is 0 Å². The Morgan fingerprint density at radius 2 is 2.50 bits per heavy atom. The fraction of sp³-hybridized carbons (Fsp3) is 0.333. The molecule has 0 spiro atoms. The van der Waals surface area contributed by atoms with E-state index in [1.807, 2.05) is 0 Å². The first kappa shape index (κ1) is 8.07. The Morgan fingerprint density at radius 3 is 2.88 bits per heavy atom. The van der Waals surface area contributed by atoms with Crippen LogP contribution >= 0.6 is 10.7 Å². The molecule has 1 unspecified atom stereocenters. The summed E-state index contributed by atoms with van der Waals surface area (Å²) in [6, 6.07) is 0. The van der Waals surface area contributed by atoms with Gasteiger partial charge in [0.2, 0.25) is 0 Å². The van der Waals surface area contributed by atoms with Crippen molar-refractivity contribution in [3.05, 3.63) is 12.4 Å². The Morgan fingerprint density at radius 1 is 1.88 bits per heavy atom. The Labute approximate surface area is 53.4 Å². The van der Waals surface area contributed by atoms with E-state index in [0.717, 1.165) is 6.08 Å². The summed E-state index contributed by atoms with van der Waals surface area (Å²) in [5.41, 5.74) is 0. The topological polar surface area (TPSA) is 26.3 Å². The van der Waals surface area contributed by atoms with Gasteiger partial charge in [-0.05, 0) is 6.08 Å². The lowest BCUT2D eigenvalue weighted by Crippen LogP contribution is -1.87. The average Bonchev–Trinajstić information content (AvgIpc) is 1.66. The first-order valence-corrected chi connectivity index (χ1v) is 3.64. The van der Waals surface area contributed by atoms with E-state index in [9.17, 15) is 8.60 Å². The van der Waals surface area contributed by atoms with Gasteiger partial charge in [0.05, 0.1) is 12.9 Å². The minimum absolute atomic E-state index is 0.0629. The highest BCUT2D eigenvalue weighted by Gasteiger charge is 1.86. The van der Waals surface area contributed by atoms with Crippen molar-refractivity contribution in [2.75, 3.05) is 6.61 Å². The molecule has 0 amide bonds. The van der Waals surface area contributed by atoms with Gasteiger partial charge in [-0.1, -0.05) is 0 Å². The molecule has 0 aromatic carbocycles. The molecule has 0 saturated heterocycles. The first-order valence-electron chi connectivity index (χ1n) is 1.74. The summed E-state index contributed by atoms with van der Waals surface area (Å²) in [4.78, 5) is 0. The molecule has 0 aliphatic rings. The Bertz CT molecular complexity index is 105. The van der Waals surface area contributed by atoms with Gasteiger partial charge in [0.15, 0.2) is 0 Å². The lowest BCUT2D eigenvalue weighted by atomic mass is 10.7. The highest BCUT2D eigenvalue weighted by molar-refractivity contribution is 8.04. The summed E-state index contributed by atoms with van der Waals surface area (Å²) in [6.07, 6.45) is 1.35. The van der Waals surface area contributed by atoms with Crippen LogP contribution in [0.15, 0.2) is 12.4 Å². The molecule has 0 rings (SSSR count). The molecular formula is C3H4ClFO2S. The summed E-state index contributed by atoms with van der Waals surface area (Å²) in [7, 11) is 2.99. The second kappa shape index (κ2) is 5.21. The van der Waals surface area contributed by atoms with Crippen LogP contribution in [0.4, 0.5) is 4.39 Å². The van der Waals surface area contributed by atoms with Crippen LogP contribution in [0.5, 0.6) is 0 Å². The molecule has 2 nitrogen and oxygen atoms in total. The molecule has 0 bridgehead atoms. The third-order valence-corrected chi connectivity index (χ3v) is 0.935.